The zero-order chi connectivity index (χ0) is 15.8. The van der Waals surface area contributed by atoms with Crippen molar-refractivity contribution in [2.45, 2.75) is 6.92 Å². The molecule has 112 valence electrons. The van der Waals surface area contributed by atoms with Gasteiger partial charge in [-0.3, -0.25) is 9.97 Å². The summed E-state index contributed by atoms with van der Waals surface area (Å²) in [5.41, 5.74) is 11.2. The lowest BCUT2D eigenvalue weighted by atomic mass is 10.1. The smallest absolute Gasteiger partial charge is 0.240 e. The molecule has 0 saturated carbocycles. The molecule has 0 bridgehead atoms. The van der Waals surface area contributed by atoms with Crippen LogP contribution in [0.25, 0.3) is 28.2 Å². The highest BCUT2D eigenvalue weighted by molar-refractivity contribution is 5.74. The van der Waals surface area contributed by atoms with Gasteiger partial charge in [0, 0.05) is 24.2 Å². The molecule has 6 heteroatoms. The van der Waals surface area contributed by atoms with Crippen LogP contribution in [0.5, 0.6) is 0 Å². The summed E-state index contributed by atoms with van der Waals surface area (Å²) >= 11 is 0. The van der Waals surface area contributed by atoms with E-state index in [2.05, 4.69) is 20.1 Å². The van der Waals surface area contributed by atoms with Crippen LogP contribution in [-0.4, -0.2) is 24.6 Å². The average Bonchev–Trinajstić information content (AvgIpc) is 2.95. The highest BCUT2D eigenvalue weighted by Crippen LogP contribution is 2.28. The molecule has 23 heavy (non-hydrogen) atoms. The number of nitrogens with zero attached hydrogens (tertiary/aromatic N) is 5. The van der Waals surface area contributed by atoms with Crippen molar-refractivity contribution in [3.8, 4) is 22.5 Å². The second kappa shape index (κ2) is 5.17. The first-order valence-electron chi connectivity index (χ1n) is 7.21. The molecule has 0 aliphatic carbocycles. The Labute approximate surface area is 132 Å². The maximum absolute atomic E-state index is 5.79. The first-order chi connectivity index (χ1) is 11.2. The summed E-state index contributed by atoms with van der Waals surface area (Å²) in [4.78, 5) is 13.0. The summed E-state index contributed by atoms with van der Waals surface area (Å²) in [6.45, 7) is 2.02. The Kier molecular flexibility index (Phi) is 3.01. The molecule has 6 nitrogen and oxygen atoms in total. The lowest BCUT2D eigenvalue weighted by Gasteiger charge is -2.09. The molecule has 0 radical (unpaired) electrons. The predicted octanol–water partition coefficient (Wildman–Crippen LogP) is 2.74. The van der Waals surface area contributed by atoms with Crippen LogP contribution in [0.3, 0.4) is 0 Å². The van der Waals surface area contributed by atoms with Crippen molar-refractivity contribution < 1.29 is 0 Å². The van der Waals surface area contributed by atoms with Gasteiger partial charge in [0.1, 0.15) is 0 Å². The predicted molar refractivity (Wildman–Crippen MR) is 88.6 cm³/mol. The Morgan fingerprint density at radius 1 is 1.04 bits per heavy atom. The monoisotopic (exact) mass is 302 g/mol. The van der Waals surface area contributed by atoms with Gasteiger partial charge in [-0.05, 0) is 42.3 Å². The first-order valence-corrected chi connectivity index (χ1v) is 7.21. The zero-order valence-electron chi connectivity index (χ0n) is 12.5. The lowest BCUT2D eigenvalue weighted by Crippen LogP contribution is -1.99. The minimum atomic E-state index is 0.239. The number of pyridine rings is 3. The van der Waals surface area contributed by atoms with Gasteiger partial charge < -0.3 is 5.73 Å². The molecule has 4 aromatic heterocycles. The van der Waals surface area contributed by atoms with Gasteiger partial charge in [0.05, 0.1) is 11.4 Å². The molecule has 0 amide bonds. The third-order valence-corrected chi connectivity index (χ3v) is 3.70. The summed E-state index contributed by atoms with van der Waals surface area (Å²) in [5, 5.41) is 4.29. The van der Waals surface area contributed by atoms with Crippen molar-refractivity contribution in [3.63, 3.8) is 0 Å². The van der Waals surface area contributed by atoms with Crippen molar-refractivity contribution in [2.75, 3.05) is 5.73 Å². The van der Waals surface area contributed by atoms with Crippen molar-refractivity contribution in [3.05, 3.63) is 60.6 Å². The lowest BCUT2D eigenvalue weighted by molar-refractivity contribution is 0.967. The van der Waals surface area contributed by atoms with E-state index in [4.69, 9.17) is 5.73 Å². The molecule has 4 aromatic rings. The Morgan fingerprint density at radius 2 is 1.91 bits per heavy atom. The minimum Gasteiger partial charge on any atom is -0.366 e. The maximum Gasteiger partial charge on any atom is 0.240 e. The van der Waals surface area contributed by atoms with Crippen LogP contribution in [-0.2, 0) is 0 Å². The number of hydrogen-bond donors (Lipinski definition) is 1. The van der Waals surface area contributed by atoms with E-state index in [1.54, 1.807) is 16.9 Å². The topological polar surface area (TPSA) is 82.0 Å². The Bertz CT molecular complexity index is 991. The highest BCUT2D eigenvalue weighted by Gasteiger charge is 2.13. The molecule has 0 spiro atoms. The van der Waals surface area contributed by atoms with E-state index < -0.39 is 0 Å². The zero-order valence-corrected chi connectivity index (χ0v) is 12.5. The molecule has 0 unspecified atom stereocenters. The minimum absolute atomic E-state index is 0.239. The Morgan fingerprint density at radius 3 is 2.70 bits per heavy atom. The molecule has 4 rings (SSSR count). The van der Waals surface area contributed by atoms with E-state index >= 15 is 0 Å². The molecule has 0 aromatic carbocycles. The molecule has 2 N–H and O–H groups in total. The van der Waals surface area contributed by atoms with Gasteiger partial charge in [-0.15, -0.1) is 5.10 Å². The standard InChI is InChI=1S/C17H14N6/c1-11-4-2-7-20-16(11)14-8-13(12-5-3-6-19-10-12)9-15-21-17(18)22-23(14)15/h2-10H,1H3,(H2,18,22). The number of hydrogen-bond acceptors (Lipinski definition) is 5. The third-order valence-electron chi connectivity index (χ3n) is 3.70. The Hall–Kier alpha value is -3.28. The SMILES string of the molecule is Cc1cccnc1-c1cc(-c2cccnc2)cc2nc(N)nn12. The molecule has 0 aliphatic rings. The Balaban J connectivity index is 2.04. The second-order valence-corrected chi connectivity index (χ2v) is 5.28. The van der Waals surface area contributed by atoms with E-state index in [1.807, 2.05) is 49.5 Å². The number of anilines is 1. The van der Waals surface area contributed by atoms with Gasteiger partial charge in [0.2, 0.25) is 5.95 Å². The molecule has 0 atom stereocenters. The number of aromatic nitrogens is 5. The third kappa shape index (κ3) is 2.30. The summed E-state index contributed by atoms with van der Waals surface area (Å²) in [6.07, 6.45) is 5.34. The molecule has 0 aliphatic heterocycles. The van der Waals surface area contributed by atoms with Gasteiger partial charge >= 0.3 is 0 Å². The molecular formula is C17H14N6. The highest BCUT2D eigenvalue weighted by atomic mass is 15.3. The normalized spacial score (nSPS) is 11.0. The second-order valence-electron chi connectivity index (χ2n) is 5.28. The van der Waals surface area contributed by atoms with E-state index in [0.717, 1.165) is 28.1 Å². The van der Waals surface area contributed by atoms with Gasteiger partial charge in [-0.1, -0.05) is 12.1 Å². The number of aryl methyl sites for hydroxylation is 1. The quantitative estimate of drug-likeness (QED) is 0.615. The molecular weight excluding hydrogens is 288 g/mol. The summed E-state index contributed by atoms with van der Waals surface area (Å²) < 4.78 is 1.73. The van der Waals surface area contributed by atoms with Crippen LogP contribution in [0.4, 0.5) is 5.95 Å². The van der Waals surface area contributed by atoms with Crippen molar-refractivity contribution in [1.29, 1.82) is 0 Å². The fraction of sp³-hybridized carbons (Fsp3) is 0.0588. The van der Waals surface area contributed by atoms with Crippen molar-refractivity contribution >= 4 is 11.6 Å². The maximum atomic E-state index is 5.79. The summed E-state index contributed by atoms with van der Waals surface area (Å²) in [5.74, 6) is 0.239. The average molecular weight is 302 g/mol. The molecule has 0 saturated heterocycles. The van der Waals surface area contributed by atoms with Crippen LogP contribution >= 0.6 is 0 Å². The number of rotatable bonds is 2. The van der Waals surface area contributed by atoms with Gasteiger partial charge in [0.25, 0.3) is 0 Å². The van der Waals surface area contributed by atoms with Crippen molar-refractivity contribution in [2.24, 2.45) is 0 Å². The summed E-state index contributed by atoms with van der Waals surface area (Å²) in [7, 11) is 0. The first kappa shape index (κ1) is 13.4. The van der Waals surface area contributed by atoms with E-state index in [0.29, 0.717) is 5.65 Å². The number of nitrogen functional groups attached to an aromatic ring is 1. The number of fused-ring (bicyclic) bond motifs is 1. The van der Waals surface area contributed by atoms with E-state index in [-0.39, 0.29) is 5.95 Å². The molecule has 4 heterocycles. The van der Waals surface area contributed by atoms with Crippen LogP contribution < -0.4 is 5.73 Å². The van der Waals surface area contributed by atoms with Crippen molar-refractivity contribution in [1.82, 2.24) is 24.6 Å². The number of nitrogens with two attached hydrogens (primary N) is 1. The van der Waals surface area contributed by atoms with Crippen LogP contribution in [0.2, 0.25) is 0 Å². The molecule has 0 fully saturated rings. The fourth-order valence-electron chi connectivity index (χ4n) is 2.62. The van der Waals surface area contributed by atoms with Crippen LogP contribution in [0.1, 0.15) is 5.56 Å². The fourth-order valence-corrected chi connectivity index (χ4v) is 2.62. The van der Waals surface area contributed by atoms with E-state index in [9.17, 15) is 0 Å². The largest absolute Gasteiger partial charge is 0.366 e. The summed E-state index contributed by atoms with van der Waals surface area (Å²) in [6, 6.07) is 11.8. The van der Waals surface area contributed by atoms with Gasteiger partial charge in [-0.2, -0.15) is 4.98 Å². The van der Waals surface area contributed by atoms with Gasteiger partial charge in [-0.25, -0.2) is 4.52 Å². The van der Waals surface area contributed by atoms with E-state index in [1.165, 1.54) is 0 Å². The van der Waals surface area contributed by atoms with Crippen LogP contribution in [0.15, 0.2) is 55.0 Å². The van der Waals surface area contributed by atoms with Crippen LogP contribution in [0, 0.1) is 6.92 Å². The van der Waals surface area contributed by atoms with Gasteiger partial charge in [0.15, 0.2) is 5.65 Å².